The lowest BCUT2D eigenvalue weighted by Gasteiger charge is -2.30. The Hall–Kier alpha value is -1.55. The fourth-order valence-corrected chi connectivity index (χ4v) is 2.67. The molecule has 1 unspecified atom stereocenters. The zero-order chi connectivity index (χ0) is 14.4. The van der Waals surface area contributed by atoms with Gasteiger partial charge in [-0.1, -0.05) is 13.0 Å². The molecule has 1 aliphatic heterocycles. The number of amides is 1. The van der Waals surface area contributed by atoms with Crippen LogP contribution in [0.5, 0.6) is 5.75 Å². The van der Waals surface area contributed by atoms with Crippen molar-refractivity contribution in [2.24, 2.45) is 5.92 Å². The molecule has 1 aromatic carbocycles. The Morgan fingerprint density at radius 3 is 3.10 bits per heavy atom. The van der Waals surface area contributed by atoms with Crippen LogP contribution in [0.4, 0.5) is 5.69 Å². The molecule has 2 rings (SSSR count). The molecular weight excluding hydrogens is 252 g/mol. The highest BCUT2D eigenvalue weighted by Gasteiger charge is 2.16. The van der Waals surface area contributed by atoms with Crippen molar-refractivity contribution in [3.8, 4) is 5.75 Å². The Labute approximate surface area is 121 Å². The molecule has 0 aromatic heterocycles. The van der Waals surface area contributed by atoms with Gasteiger partial charge in [0.05, 0.1) is 7.11 Å². The molecule has 1 heterocycles. The number of anilines is 1. The second kappa shape index (κ2) is 7.29. The van der Waals surface area contributed by atoms with E-state index in [4.69, 9.17) is 4.74 Å². The molecule has 1 fully saturated rings. The van der Waals surface area contributed by atoms with Crippen LogP contribution < -0.4 is 10.1 Å². The van der Waals surface area contributed by atoms with E-state index < -0.39 is 0 Å². The molecule has 1 saturated heterocycles. The number of hydrogen-bond donors (Lipinski definition) is 1. The van der Waals surface area contributed by atoms with Crippen LogP contribution in [-0.4, -0.2) is 37.6 Å². The van der Waals surface area contributed by atoms with Crippen LogP contribution in [0.3, 0.4) is 0 Å². The normalized spacial score (nSPS) is 19.6. The summed E-state index contributed by atoms with van der Waals surface area (Å²) in [6.07, 6.45) is 3.11. The Kier molecular flexibility index (Phi) is 5.41. The molecular formula is C16H24N2O2. The van der Waals surface area contributed by atoms with Crippen molar-refractivity contribution in [2.45, 2.75) is 26.2 Å². The third-order valence-corrected chi connectivity index (χ3v) is 3.75. The number of nitrogens with zero attached hydrogens (tertiary/aromatic N) is 1. The van der Waals surface area contributed by atoms with Crippen LogP contribution in [0.25, 0.3) is 0 Å². The summed E-state index contributed by atoms with van der Waals surface area (Å²) in [5.41, 5.74) is 0.793. The van der Waals surface area contributed by atoms with Gasteiger partial charge in [0, 0.05) is 31.3 Å². The number of likely N-dealkylation sites (tertiary alicyclic amines) is 1. The predicted octanol–water partition coefficient (Wildman–Crippen LogP) is 2.76. The quantitative estimate of drug-likeness (QED) is 0.899. The topological polar surface area (TPSA) is 41.6 Å². The van der Waals surface area contributed by atoms with Crippen LogP contribution in [0.1, 0.15) is 26.2 Å². The highest BCUT2D eigenvalue weighted by Crippen LogP contribution is 2.18. The summed E-state index contributed by atoms with van der Waals surface area (Å²) in [4.78, 5) is 14.3. The highest BCUT2D eigenvalue weighted by atomic mass is 16.5. The zero-order valence-corrected chi connectivity index (χ0v) is 12.4. The molecule has 20 heavy (non-hydrogen) atoms. The predicted molar refractivity (Wildman–Crippen MR) is 81.1 cm³/mol. The first kappa shape index (κ1) is 14.9. The molecule has 0 spiro atoms. The van der Waals surface area contributed by atoms with Gasteiger partial charge in [-0.3, -0.25) is 4.79 Å². The van der Waals surface area contributed by atoms with E-state index >= 15 is 0 Å². The largest absolute Gasteiger partial charge is 0.497 e. The molecule has 4 heteroatoms. The minimum Gasteiger partial charge on any atom is -0.497 e. The number of carbonyl (C=O) groups is 1. The summed E-state index contributed by atoms with van der Waals surface area (Å²) in [5, 5.41) is 2.92. The molecule has 4 nitrogen and oxygen atoms in total. The van der Waals surface area contributed by atoms with Crippen LogP contribution in [-0.2, 0) is 4.79 Å². The fourth-order valence-electron chi connectivity index (χ4n) is 2.67. The first-order valence-electron chi connectivity index (χ1n) is 7.33. The maximum atomic E-state index is 12.0. The lowest BCUT2D eigenvalue weighted by atomic mass is 10.0. The molecule has 0 bridgehead atoms. The monoisotopic (exact) mass is 276 g/mol. The van der Waals surface area contributed by atoms with Crippen molar-refractivity contribution in [1.29, 1.82) is 0 Å². The molecule has 1 N–H and O–H groups in total. The Morgan fingerprint density at radius 2 is 2.35 bits per heavy atom. The number of nitrogens with one attached hydrogen (secondary N) is 1. The molecule has 110 valence electrons. The first-order valence-corrected chi connectivity index (χ1v) is 7.33. The summed E-state index contributed by atoms with van der Waals surface area (Å²) >= 11 is 0. The van der Waals surface area contributed by atoms with Gasteiger partial charge >= 0.3 is 0 Å². The Balaban J connectivity index is 1.77. The summed E-state index contributed by atoms with van der Waals surface area (Å²) in [6, 6.07) is 7.45. The third-order valence-electron chi connectivity index (χ3n) is 3.75. The van der Waals surface area contributed by atoms with Crippen LogP contribution in [0.15, 0.2) is 24.3 Å². The van der Waals surface area contributed by atoms with E-state index in [9.17, 15) is 4.79 Å². The van der Waals surface area contributed by atoms with Gasteiger partial charge in [-0.05, 0) is 37.4 Å². The average molecular weight is 276 g/mol. The van der Waals surface area contributed by atoms with Crippen molar-refractivity contribution in [3.63, 3.8) is 0 Å². The van der Waals surface area contributed by atoms with Gasteiger partial charge in [-0.25, -0.2) is 0 Å². The number of piperidine rings is 1. The SMILES string of the molecule is COc1cccc(NC(=O)CCN2CCCC(C)C2)c1. The Bertz CT molecular complexity index is 448. The van der Waals surface area contributed by atoms with Crippen LogP contribution in [0, 0.1) is 5.92 Å². The van der Waals surface area contributed by atoms with Crippen LogP contribution >= 0.6 is 0 Å². The van der Waals surface area contributed by atoms with E-state index in [-0.39, 0.29) is 5.91 Å². The zero-order valence-electron chi connectivity index (χ0n) is 12.4. The van der Waals surface area contributed by atoms with E-state index in [1.165, 1.54) is 12.8 Å². The van der Waals surface area contributed by atoms with E-state index in [1.807, 2.05) is 24.3 Å². The van der Waals surface area contributed by atoms with E-state index in [0.29, 0.717) is 6.42 Å². The van der Waals surface area contributed by atoms with Gasteiger partial charge in [-0.2, -0.15) is 0 Å². The van der Waals surface area contributed by atoms with Gasteiger partial charge in [0.1, 0.15) is 5.75 Å². The Morgan fingerprint density at radius 1 is 1.50 bits per heavy atom. The van der Waals surface area contributed by atoms with Gasteiger partial charge in [0.15, 0.2) is 0 Å². The number of hydrogen-bond acceptors (Lipinski definition) is 3. The molecule has 1 aromatic rings. The molecule has 0 radical (unpaired) electrons. The third kappa shape index (κ3) is 4.53. The maximum Gasteiger partial charge on any atom is 0.225 e. The van der Waals surface area contributed by atoms with Crippen molar-refractivity contribution in [2.75, 3.05) is 32.1 Å². The maximum absolute atomic E-state index is 12.0. The smallest absolute Gasteiger partial charge is 0.225 e. The van der Waals surface area contributed by atoms with Gasteiger partial charge in [0.2, 0.25) is 5.91 Å². The minimum absolute atomic E-state index is 0.0662. The molecule has 1 atom stereocenters. The van der Waals surface area contributed by atoms with E-state index in [0.717, 1.165) is 37.0 Å². The number of methoxy groups -OCH3 is 1. The van der Waals surface area contributed by atoms with Gasteiger partial charge < -0.3 is 15.0 Å². The molecule has 0 saturated carbocycles. The van der Waals surface area contributed by atoms with Crippen molar-refractivity contribution < 1.29 is 9.53 Å². The van der Waals surface area contributed by atoms with Crippen molar-refractivity contribution in [1.82, 2.24) is 4.90 Å². The van der Waals surface area contributed by atoms with E-state index in [2.05, 4.69) is 17.1 Å². The minimum atomic E-state index is 0.0662. The summed E-state index contributed by atoms with van der Waals surface area (Å²) in [7, 11) is 1.62. The second-order valence-electron chi connectivity index (χ2n) is 5.58. The lowest BCUT2D eigenvalue weighted by molar-refractivity contribution is -0.116. The second-order valence-corrected chi connectivity index (χ2v) is 5.58. The summed E-state index contributed by atoms with van der Waals surface area (Å²) in [5.74, 6) is 1.58. The lowest BCUT2D eigenvalue weighted by Crippen LogP contribution is -2.36. The first-order chi connectivity index (χ1) is 9.67. The van der Waals surface area contributed by atoms with E-state index in [1.54, 1.807) is 7.11 Å². The standard InChI is InChI=1S/C16H24N2O2/c1-13-5-4-9-18(12-13)10-8-16(19)17-14-6-3-7-15(11-14)20-2/h3,6-7,11,13H,4-5,8-10,12H2,1-2H3,(H,17,19). The molecule has 1 amide bonds. The molecule has 0 aliphatic carbocycles. The summed E-state index contributed by atoms with van der Waals surface area (Å²) < 4.78 is 5.14. The van der Waals surface area contributed by atoms with Crippen molar-refractivity contribution >= 4 is 11.6 Å². The van der Waals surface area contributed by atoms with Gasteiger partial charge in [-0.15, -0.1) is 0 Å². The average Bonchev–Trinajstić information content (AvgIpc) is 2.45. The van der Waals surface area contributed by atoms with Gasteiger partial charge in [0.25, 0.3) is 0 Å². The van der Waals surface area contributed by atoms with Crippen molar-refractivity contribution in [3.05, 3.63) is 24.3 Å². The highest BCUT2D eigenvalue weighted by molar-refractivity contribution is 5.90. The number of benzene rings is 1. The molecule has 1 aliphatic rings. The number of carbonyl (C=O) groups excluding carboxylic acids is 1. The summed E-state index contributed by atoms with van der Waals surface area (Å²) in [6.45, 7) is 5.37. The van der Waals surface area contributed by atoms with Crippen LogP contribution in [0.2, 0.25) is 0 Å². The number of rotatable bonds is 5. The fraction of sp³-hybridized carbons (Fsp3) is 0.562. The number of ether oxygens (including phenoxy) is 1.